The fourth-order valence-corrected chi connectivity index (χ4v) is 7.14. The number of Topliss-reactive ketones (excluding diaryl/α,β-unsaturated/α-hetero) is 1. The molecule has 0 aromatic heterocycles. The number of rotatable bonds is 34. The van der Waals surface area contributed by atoms with Gasteiger partial charge in [0.05, 0.1) is 13.3 Å². The van der Waals surface area contributed by atoms with Crippen molar-refractivity contribution >= 4 is 26.0 Å². The third-order valence-corrected chi connectivity index (χ3v) is 12.3. The Morgan fingerprint density at radius 1 is 0.458 bits per heavy atom. The van der Waals surface area contributed by atoms with Gasteiger partial charge >= 0.3 is 126 Å². The fraction of sp³-hybridized carbons (Fsp3) is 0.894. The molecule has 0 aromatic carbocycles. The van der Waals surface area contributed by atoms with Crippen LogP contribution in [0.5, 0.6) is 0 Å². The van der Waals surface area contributed by atoms with Crippen molar-refractivity contribution in [2.75, 3.05) is 40.5 Å². The van der Waals surface area contributed by atoms with E-state index in [2.05, 4.69) is 72.3 Å². The quantitative estimate of drug-likeness (QED) is 0.0402. The monoisotopic (exact) mass is 1180 g/mol. The summed E-state index contributed by atoms with van der Waals surface area (Å²) in [5, 5.41) is -11.0. The molecule has 0 aromatic rings. The molecule has 11 nitrogen and oxygen atoms in total. The zero-order valence-electron chi connectivity index (χ0n) is 44.8. The van der Waals surface area contributed by atoms with Gasteiger partial charge in [-0.3, -0.25) is 0 Å². The first-order chi connectivity index (χ1) is 31.8. The molecule has 0 atom stereocenters. The normalized spacial score (nSPS) is 13.0. The van der Waals surface area contributed by atoms with E-state index in [0.717, 1.165) is 13.3 Å². The van der Waals surface area contributed by atoms with Crippen molar-refractivity contribution in [3.05, 3.63) is 24.8 Å². The summed E-state index contributed by atoms with van der Waals surface area (Å²) >= 11 is 0. The number of hydrogen-bond acceptors (Lipinski definition) is 11. The Morgan fingerprint density at radius 2 is 0.639 bits per heavy atom. The molecular formula is C47H88Cl2F8K2N4O7S2-2. The van der Waals surface area contributed by atoms with Crippen LogP contribution < -0.4 is 128 Å². The van der Waals surface area contributed by atoms with Crippen molar-refractivity contribution in [1.82, 2.24) is 19.6 Å². The van der Waals surface area contributed by atoms with E-state index in [1.165, 1.54) is 207 Å². The average Bonchev–Trinajstić information content (AvgIpc) is 3.87. The number of alkyl halides is 8. The number of ketones is 1. The van der Waals surface area contributed by atoms with E-state index in [9.17, 15) is 65.9 Å². The summed E-state index contributed by atoms with van der Waals surface area (Å²) < 4.78 is 145. The predicted molar refractivity (Wildman–Crippen MR) is 255 cm³/mol. The van der Waals surface area contributed by atoms with Gasteiger partial charge in [-0.15, -0.1) is 0 Å². The summed E-state index contributed by atoms with van der Waals surface area (Å²) in [5.41, 5.74) is 0. The van der Waals surface area contributed by atoms with Crippen LogP contribution in [0.2, 0.25) is 0 Å². The summed E-state index contributed by atoms with van der Waals surface area (Å²) in [6.45, 7) is 12.3. The first-order valence-electron chi connectivity index (χ1n) is 24.7. The van der Waals surface area contributed by atoms with E-state index in [4.69, 9.17) is 0 Å². The number of carbonyl (C=O) groups is 1. The molecule has 0 aliphatic carbocycles. The average molecular weight is 1190 g/mol. The van der Waals surface area contributed by atoms with E-state index >= 15 is 0 Å². The van der Waals surface area contributed by atoms with Crippen LogP contribution >= 0.6 is 0 Å². The van der Waals surface area contributed by atoms with E-state index < -0.39 is 43.6 Å². The van der Waals surface area contributed by atoms with Gasteiger partial charge in [0.25, 0.3) is 0 Å². The molecule has 0 radical (unpaired) electrons. The van der Waals surface area contributed by atoms with Gasteiger partial charge < -0.3 is 58.3 Å². The van der Waals surface area contributed by atoms with Gasteiger partial charge in [0.1, 0.15) is 5.78 Å². The zero-order chi connectivity index (χ0) is 52.5. The molecule has 2 aliphatic rings. The number of unbranched alkanes of at least 4 members (excludes halogenated alkanes) is 26. The van der Waals surface area contributed by atoms with Gasteiger partial charge in [-0.1, -0.05) is 181 Å². The second-order valence-corrected chi connectivity index (χ2v) is 20.7. The van der Waals surface area contributed by atoms with Crippen LogP contribution in [0.4, 0.5) is 35.1 Å². The van der Waals surface area contributed by atoms with Crippen LogP contribution in [0.3, 0.4) is 0 Å². The molecular weight excluding hydrogens is 1100 g/mol. The molecule has 0 spiro atoms. The van der Waals surface area contributed by atoms with Crippen LogP contribution in [-0.4, -0.2) is 115 Å². The Morgan fingerprint density at radius 3 is 0.764 bits per heavy atom. The van der Waals surface area contributed by atoms with Gasteiger partial charge in [-0.05, 0) is 26.7 Å². The topological polar surface area (TPSA) is 144 Å². The van der Waals surface area contributed by atoms with Crippen molar-refractivity contribution in [2.45, 2.75) is 231 Å². The molecule has 2 heterocycles. The molecule has 0 unspecified atom stereocenters. The molecule has 0 saturated heterocycles. The number of hydrogen-bond donors (Lipinski definition) is 0. The first-order valence-corrected chi connectivity index (χ1v) is 27.5. The van der Waals surface area contributed by atoms with Crippen molar-refractivity contribution < 1.29 is 193 Å². The molecule has 2 aliphatic heterocycles. The number of nitrogens with zero attached hydrogens (tertiary/aromatic N) is 4. The van der Waals surface area contributed by atoms with Crippen molar-refractivity contribution in [2.24, 2.45) is 0 Å². The summed E-state index contributed by atoms with van der Waals surface area (Å²) in [6, 6.07) is 0. The first kappa shape index (κ1) is 87.3. The predicted octanol–water partition coefficient (Wildman–Crippen LogP) is 1.68. The maximum atomic E-state index is 11.4. The second-order valence-electron chi connectivity index (χ2n) is 17.8. The molecule has 0 bridgehead atoms. The van der Waals surface area contributed by atoms with Gasteiger partial charge in [-0.25, -0.2) is 34.4 Å². The van der Waals surface area contributed by atoms with Crippen LogP contribution in [0.1, 0.15) is 207 Å². The zero-order valence-corrected chi connectivity index (χ0v) is 54.2. The van der Waals surface area contributed by atoms with Crippen LogP contribution in [0.25, 0.3) is 0 Å². The Balaban J connectivity index is -0.000000158. The summed E-state index contributed by atoms with van der Waals surface area (Å²) in [4.78, 5) is 18.8. The van der Waals surface area contributed by atoms with Gasteiger partial charge in [0.2, 0.25) is 0 Å². The minimum Gasteiger partial charge on any atom is -1.00 e. The Labute approximate surface area is 528 Å². The number of carbonyl (C=O) groups excluding carboxylic acids is 1. The van der Waals surface area contributed by atoms with E-state index in [0.29, 0.717) is 0 Å². The fourth-order valence-electron chi connectivity index (χ4n) is 6.71. The molecule has 424 valence electrons. The molecule has 0 fully saturated rings. The van der Waals surface area contributed by atoms with E-state index in [-0.39, 0.29) is 133 Å². The van der Waals surface area contributed by atoms with Crippen LogP contribution in [0.15, 0.2) is 24.8 Å². The molecule has 0 amide bonds. The Bertz CT molecular complexity index is 1400. The van der Waals surface area contributed by atoms with Crippen molar-refractivity contribution in [3.8, 4) is 0 Å². The minimum atomic E-state index is -6.23. The molecule has 25 heteroatoms. The molecule has 2 rings (SSSR count). The van der Waals surface area contributed by atoms with E-state index in [1.807, 2.05) is 0 Å². The maximum absolute atomic E-state index is 11.4. The van der Waals surface area contributed by atoms with Gasteiger partial charge in [-0.2, -0.15) is 17.6 Å². The molecule has 0 N–H and O–H groups in total. The van der Waals surface area contributed by atoms with Crippen LogP contribution in [0, 0.1) is 0 Å². The van der Waals surface area contributed by atoms with Gasteiger partial charge in [0.15, 0.2) is 20.2 Å². The van der Waals surface area contributed by atoms with Gasteiger partial charge in [0, 0.05) is 52.0 Å². The second kappa shape index (κ2) is 54.4. The molecule has 0 saturated carbocycles. The smallest absolute Gasteiger partial charge is 1.00 e. The maximum Gasteiger partial charge on any atom is 1.00 e. The Hall–Kier alpha value is 1.46. The summed E-state index contributed by atoms with van der Waals surface area (Å²) in [6.07, 6.45) is 40.2. The summed E-state index contributed by atoms with van der Waals surface area (Å²) in [7, 11) is -8.19. The van der Waals surface area contributed by atoms with E-state index in [1.54, 1.807) is 0 Å². The molecule has 72 heavy (non-hydrogen) atoms. The third kappa shape index (κ3) is 53.5. The Kier molecular flexibility index (Phi) is 66.0. The van der Waals surface area contributed by atoms with Crippen molar-refractivity contribution in [1.29, 1.82) is 0 Å². The minimum absolute atomic E-state index is 0. The third-order valence-electron chi connectivity index (χ3n) is 10.6. The summed E-state index contributed by atoms with van der Waals surface area (Å²) in [5.74, 6) is 0.167. The number of halogens is 10. The van der Waals surface area contributed by atoms with Crippen molar-refractivity contribution in [3.63, 3.8) is 0 Å². The SMILES string of the molecule is CC(C)=O.CCCCCCCCCCCCCCCCN1C=CN(C)C1.CCCCCCCCCCCCCCCCN1C=CN(C)C1.O=S(=O)([O-])C(F)(F)C(F)F.O=S(=O)([O-])C(F)(F)C(F)F.[Cl-].[Cl-].[K+].[K+]. The standard InChI is InChI=1S/2C20H40N2.C3H6O.2C2H2F4O3S.2ClH.2K/c2*1-3-4-5-6-7-8-9-10-11-12-13-14-15-16-17-22-19-18-21(2)20-22;1-3(2)4;2*3-1(4)2(5,6)10(7,8)9;;;;/h2*18-19H,3-17,20H2,1-2H3;1-2H3;2*1H,(H,7,8,9);2*1H;;/q;;;;;;;2*+1/p-4. The van der Waals surface area contributed by atoms with Crippen LogP contribution in [-0.2, 0) is 25.0 Å². The largest absolute Gasteiger partial charge is 1.00 e.